The van der Waals surface area contributed by atoms with Gasteiger partial charge in [0, 0.05) is 34.3 Å². The topological polar surface area (TPSA) is 82.6 Å². The molecule has 3 amide bonds. The number of amides is 3. The summed E-state index contributed by atoms with van der Waals surface area (Å²) in [5.41, 5.74) is 4.60. The molecular formula is C26H25ClN4O2. The Balaban J connectivity index is 1.69. The summed E-state index contributed by atoms with van der Waals surface area (Å²) in [5, 5.41) is 9.17. The van der Waals surface area contributed by atoms with Gasteiger partial charge in [-0.05, 0) is 49.7 Å². The number of urea groups is 1. The van der Waals surface area contributed by atoms with Crippen LogP contribution in [0.1, 0.15) is 30.5 Å². The fourth-order valence-electron chi connectivity index (χ4n) is 3.67. The van der Waals surface area contributed by atoms with Crippen LogP contribution >= 0.6 is 11.6 Å². The molecule has 3 aromatic rings. The molecule has 0 aliphatic carbocycles. The van der Waals surface area contributed by atoms with Crippen molar-refractivity contribution in [2.24, 2.45) is 4.99 Å². The first kappa shape index (κ1) is 22.6. The van der Waals surface area contributed by atoms with Gasteiger partial charge in [0.1, 0.15) is 6.04 Å². The Morgan fingerprint density at radius 2 is 1.79 bits per heavy atom. The molecule has 1 heterocycles. The predicted molar refractivity (Wildman–Crippen MR) is 133 cm³/mol. The van der Waals surface area contributed by atoms with E-state index >= 15 is 0 Å². The van der Waals surface area contributed by atoms with Gasteiger partial charge in [-0.15, -0.1) is 0 Å². The highest BCUT2D eigenvalue weighted by atomic mass is 35.5. The van der Waals surface area contributed by atoms with Crippen LogP contribution in [0, 0.1) is 0 Å². The van der Waals surface area contributed by atoms with Gasteiger partial charge in [-0.1, -0.05) is 54.1 Å². The van der Waals surface area contributed by atoms with Crippen LogP contribution in [0.15, 0.2) is 77.8 Å². The zero-order chi connectivity index (χ0) is 23.4. The number of aliphatic imine (C=N–C) groups is 1. The second-order valence-electron chi connectivity index (χ2n) is 8.19. The maximum Gasteiger partial charge on any atom is 0.319 e. The molecule has 0 saturated carbocycles. The SMILES string of the molecule is CC(C)NC(=O)Nc1ccc(C2=NC(Cc3ccccc3)C(=O)Nc3ccc(Cl)cc32)cc1. The summed E-state index contributed by atoms with van der Waals surface area (Å²) < 4.78 is 0. The first-order valence-electron chi connectivity index (χ1n) is 10.8. The Labute approximate surface area is 198 Å². The average molecular weight is 461 g/mol. The lowest BCUT2D eigenvalue weighted by molar-refractivity contribution is -0.117. The summed E-state index contributed by atoms with van der Waals surface area (Å²) in [6, 6.07) is 21.7. The normalized spacial score (nSPS) is 15.2. The zero-order valence-corrected chi connectivity index (χ0v) is 19.2. The van der Waals surface area contributed by atoms with Gasteiger partial charge in [0.15, 0.2) is 0 Å². The average Bonchev–Trinajstić information content (AvgIpc) is 2.91. The van der Waals surface area contributed by atoms with E-state index in [2.05, 4.69) is 16.0 Å². The fraction of sp³-hybridized carbons (Fsp3) is 0.192. The molecule has 3 aromatic carbocycles. The van der Waals surface area contributed by atoms with Crippen molar-refractivity contribution in [1.29, 1.82) is 0 Å². The Hall–Kier alpha value is -3.64. The van der Waals surface area contributed by atoms with E-state index < -0.39 is 6.04 Å². The number of nitrogens with one attached hydrogen (secondary N) is 3. The van der Waals surface area contributed by atoms with Gasteiger partial charge in [0.05, 0.1) is 11.4 Å². The van der Waals surface area contributed by atoms with Crippen molar-refractivity contribution in [3.05, 3.63) is 94.5 Å². The molecule has 33 heavy (non-hydrogen) atoms. The fourth-order valence-corrected chi connectivity index (χ4v) is 3.84. The molecule has 1 unspecified atom stereocenters. The maximum absolute atomic E-state index is 13.0. The summed E-state index contributed by atoms with van der Waals surface area (Å²) in [7, 11) is 0. The van der Waals surface area contributed by atoms with Crippen LogP contribution < -0.4 is 16.0 Å². The lowest BCUT2D eigenvalue weighted by atomic mass is 10.00. The molecule has 0 fully saturated rings. The first-order chi connectivity index (χ1) is 15.9. The second-order valence-corrected chi connectivity index (χ2v) is 8.63. The van der Waals surface area contributed by atoms with Gasteiger partial charge in [0.2, 0.25) is 5.91 Å². The van der Waals surface area contributed by atoms with Crippen molar-refractivity contribution in [3.8, 4) is 0 Å². The molecular weight excluding hydrogens is 436 g/mol. The quantitative estimate of drug-likeness (QED) is 0.484. The maximum atomic E-state index is 13.0. The lowest BCUT2D eigenvalue weighted by Gasteiger charge is -2.13. The Morgan fingerprint density at radius 1 is 1.06 bits per heavy atom. The third-order valence-electron chi connectivity index (χ3n) is 5.19. The molecule has 3 N–H and O–H groups in total. The summed E-state index contributed by atoms with van der Waals surface area (Å²) in [5.74, 6) is -0.166. The molecule has 6 nitrogen and oxygen atoms in total. The minimum absolute atomic E-state index is 0.0393. The molecule has 168 valence electrons. The summed E-state index contributed by atoms with van der Waals surface area (Å²) in [6.45, 7) is 3.80. The van der Waals surface area contributed by atoms with E-state index in [1.165, 1.54) is 0 Å². The van der Waals surface area contributed by atoms with Crippen LogP contribution in [-0.2, 0) is 11.2 Å². The van der Waals surface area contributed by atoms with Crippen molar-refractivity contribution < 1.29 is 9.59 Å². The molecule has 1 atom stereocenters. The number of anilines is 2. The number of carbonyl (C=O) groups excluding carboxylic acids is 2. The van der Waals surface area contributed by atoms with Crippen LogP contribution in [0.25, 0.3) is 0 Å². The van der Waals surface area contributed by atoms with Gasteiger partial charge in [-0.2, -0.15) is 0 Å². The van der Waals surface area contributed by atoms with Crippen LogP contribution in [0.2, 0.25) is 5.02 Å². The third kappa shape index (κ3) is 5.59. The van der Waals surface area contributed by atoms with Crippen LogP contribution in [0.5, 0.6) is 0 Å². The van der Waals surface area contributed by atoms with Crippen LogP contribution in [0.4, 0.5) is 16.2 Å². The third-order valence-corrected chi connectivity index (χ3v) is 5.43. The van der Waals surface area contributed by atoms with Crippen molar-refractivity contribution >= 4 is 40.6 Å². The van der Waals surface area contributed by atoms with Crippen molar-refractivity contribution in [1.82, 2.24) is 5.32 Å². The molecule has 0 bridgehead atoms. The summed E-state index contributed by atoms with van der Waals surface area (Å²) >= 11 is 6.29. The molecule has 7 heteroatoms. The number of hydrogen-bond donors (Lipinski definition) is 3. The van der Waals surface area contributed by atoms with E-state index in [-0.39, 0.29) is 18.0 Å². The molecule has 0 aromatic heterocycles. The van der Waals surface area contributed by atoms with E-state index in [0.717, 1.165) is 16.7 Å². The van der Waals surface area contributed by atoms with Crippen LogP contribution in [0.3, 0.4) is 0 Å². The van der Waals surface area contributed by atoms with Gasteiger partial charge in [-0.25, -0.2) is 4.79 Å². The van der Waals surface area contributed by atoms with E-state index in [9.17, 15) is 9.59 Å². The smallest absolute Gasteiger partial charge is 0.319 e. The predicted octanol–water partition coefficient (Wildman–Crippen LogP) is 5.27. The van der Waals surface area contributed by atoms with Crippen LogP contribution in [-0.4, -0.2) is 29.7 Å². The Morgan fingerprint density at radius 3 is 2.48 bits per heavy atom. The largest absolute Gasteiger partial charge is 0.336 e. The van der Waals surface area contributed by atoms with E-state index in [4.69, 9.17) is 16.6 Å². The number of rotatable bonds is 5. The van der Waals surface area contributed by atoms with E-state index in [0.29, 0.717) is 28.5 Å². The summed E-state index contributed by atoms with van der Waals surface area (Å²) in [6.07, 6.45) is 0.479. The molecule has 0 spiro atoms. The van der Waals surface area contributed by atoms with Gasteiger partial charge in [0.25, 0.3) is 0 Å². The minimum atomic E-state index is -0.594. The van der Waals surface area contributed by atoms with Gasteiger partial charge >= 0.3 is 6.03 Å². The Kier molecular flexibility index (Phi) is 6.75. The van der Waals surface area contributed by atoms with E-state index in [1.807, 2.05) is 74.5 Å². The van der Waals surface area contributed by atoms with Gasteiger partial charge in [-0.3, -0.25) is 9.79 Å². The monoisotopic (exact) mass is 460 g/mol. The standard InChI is InChI=1S/C26H25ClN4O2/c1-16(2)28-26(33)29-20-11-8-18(9-12-20)24-21-15-19(27)10-13-22(21)31-25(32)23(30-24)14-17-6-4-3-5-7-17/h3-13,15-16,23H,14H2,1-2H3,(H,31,32)(H2,28,29,33). The first-order valence-corrected chi connectivity index (χ1v) is 11.2. The molecule has 0 radical (unpaired) electrons. The molecule has 0 saturated heterocycles. The number of nitrogens with zero attached hydrogens (tertiary/aromatic N) is 1. The number of benzene rings is 3. The zero-order valence-electron chi connectivity index (χ0n) is 18.4. The second kappa shape index (κ2) is 9.88. The highest BCUT2D eigenvalue weighted by molar-refractivity contribution is 6.32. The number of carbonyl (C=O) groups is 2. The van der Waals surface area contributed by atoms with Crippen molar-refractivity contribution in [2.45, 2.75) is 32.4 Å². The van der Waals surface area contributed by atoms with Crippen molar-refractivity contribution in [2.75, 3.05) is 10.6 Å². The summed E-state index contributed by atoms with van der Waals surface area (Å²) in [4.78, 5) is 29.9. The number of fused-ring (bicyclic) bond motifs is 1. The Bertz CT molecular complexity index is 1190. The highest BCUT2D eigenvalue weighted by Gasteiger charge is 2.26. The number of benzodiazepines with no additional fused rings is 1. The number of hydrogen-bond acceptors (Lipinski definition) is 3. The lowest BCUT2D eigenvalue weighted by Crippen LogP contribution is -2.34. The minimum Gasteiger partial charge on any atom is -0.336 e. The van der Waals surface area contributed by atoms with Crippen molar-refractivity contribution in [3.63, 3.8) is 0 Å². The molecule has 1 aliphatic rings. The highest BCUT2D eigenvalue weighted by Crippen LogP contribution is 2.28. The number of halogens is 1. The molecule has 4 rings (SSSR count). The van der Waals surface area contributed by atoms with Gasteiger partial charge < -0.3 is 16.0 Å². The molecule has 1 aliphatic heterocycles. The van der Waals surface area contributed by atoms with E-state index in [1.54, 1.807) is 12.1 Å².